The van der Waals surface area contributed by atoms with Crippen LogP contribution in [0.15, 0.2) is 51.1 Å². The summed E-state index contributed by atoms with van der Waals surface area (Å²) in [5.74, 6) is -1.19. The average molecular weight is 489 g/mol. The van der Waals surface area contributed by atoms with Gasteiger partial charge in [0.15, 0.2) is 0 Å². The van der Waals surface area contributed by atoms with Crippen molar-refractivity contribution in [3.63, 3.8) is 0 Å². The Bertz CT molecular complexity index is 936. The molecule has 0 aliphatic heterocycles. The van der Waals surface area contributed by atoms with Gasteiger partial charge in [-0.1, -0.05) is 18.2 Å². The van der Waals surface area contributed by atoms with E-state index in [9.17, 15) is 18.0 Å². The molecule has 1 aromatic carbocycles. The van der Waals surface area contributed by atoms with Crippen LogP contribution in [0.25, 0.3) is 0 Å². The van der Waals surface area contributed by atoms with Crippen molar-refractivity contribution in [2.45, 2.75) is 37.3 Å². The van der Waals surface area contributed by atoms with E-state index in [1.54, 1.807) is 51.1 Å². The minimum absolute atomic E-state index is 0.0112. The Balaban J connectivity index is 2.17. The van der Waals surface area contributed by atoms with Gasteiger partial charge >= 0.3 is 5.97 Å². The van der Waals surface area contributed by atoms with Gasteiger partial charge in [0, 0.05) is 6.54 Å². The summed E-state index contributed by atoms with van der Waals surface area (Å²) in [7, 11) is -3.98. The summed E-state index contributed by atoms with van der Waals surface area (Å²) in [5.41, 5.74) is -0.809. The first-order chi connectivity index (χ1) is 13.0. The molecule has 10 heteroatoms. The Labute approximate surface area is 176 Å². The highest BCUT2D eigenvalue weighted by Gasteiger charge is 2.30. The molecule has 1 unspecified atom stereocenters. The number of ether oxygens (including phenoxy) is 1. The van der Waals surface area contributed by atoms with Gasteiger partial charge in [0.25, 0.3) is 5.91 Å². The van der Waals surface area contributed by atoms with Gasteiger partial charge in [-0.25, -0.2) is 8.42 Å². The van der Waals surface area contributed by atoms with Gasteiger partial charge in [-0.3, -0.25) is 9.59 Å². The van der Waals surface area contributed by atoms with Gasteiger partial charge in [-0.05, 0) is 61.0 Å². The second-order valence-electron chi connectivity index (χ2n) is 6.83. The number of rotatable bonds is 7. The molecule has 0 radical (unpaired) electrons. The lowest BCUT2D eigenvalue weighted by atomic mass is 10.2. The second-order valence-corrected chi connectivity index (χ2v) is 11.0. The lowest BCUT2D eigenvalue weighted by Gasteiger charge is -2.24. The summed E-state index contributed by atoms with van der Waals surface area (Å²) in [6.07, 6.45) is 0. The number of thiophene rings is 1. The molecule has 0 aliphatic carbocycles. The van der Waals surface area contributed by atoms with E-state index >= 15 is 0 Å². The van der Waals surface area contributed by atoms with Crippen LogP contribution < -0.4 is 10.0 Å². The number of carbonyl (C=O) groups is 2. The third kappa shape index (κ3) is 6.69. The van der Waals surface area contributed by atoms with Crippen molar-refractivity contribution in [2.24, 2.45) is 0 Å². The predicted octanol–water partition coefficient (Wildman–Crippen LogP) is 2.93. The monoisotopic (exact) mass is 488 g/mol. The zero-order valence-electron chi connectivity index (χ0n) is 15.6. The van der Waals surface area contributed by atoms with E-state index in [0.717, 1.165) is 3.79 Å². The Morgan fingerprint density at radius 1 is 1.14 bits per heavy atom. The number of carbonyl (C=O) groups excluding carboxylic acids is 2. The quantitative estimate of drug-likeness (QED) is 0.583. The molecule has 1 heterocycles. The van der Waals surface area contributed by atoms with Gasteiger partial charge in [-0.15, -0.1) is 11.3 Å². The largest absolute Gasteiger partial charge is 0.459 e. The molecular formula is C18H21BrN2O5S2. The van der Waals surface area contributed by atoms with E-state index in [0.29, 0.717) is 4.88 Å². The Kier molecular flexibility index (Phi) is 7.38. The molecule has 7 nitrogen and oxygen atoms in total. The van der Waals surface area contributed by atoms with Crippen molar-refractivity contribution < 1.29 is 22.7 Å². The summed E-state index contributed by atoms with van der Waals surface area (Å²) in [6.45, 7) is 4.77. The molecule has 1 atom stereocenters. The summed E-state index contributed by atoms with van der Waals surface area (Å²) in [5, 5.41) is 2.58. The fourth-order valence-corrected chi connectivity index (χ4v) is 4.63. The van der Waals surface area contributed by atoms with E-state index in [2.05, 4.69) is 26.0 Å². The standard InChI is InChI=1S/C18H21BrN2O5S2/c1-18(2,3)26-17(23)13(11-20-16(22)14-9-10-15(19)27-14)21-28(24,25)12-7-5-4-6-8-12/h4-10,13,21H,11H2,1-3H3,(H,20,22). The number of amides is 1. The first-order valence-electron chi connectivity index (χ1n) is 8.32. The Morgan fingerprint density at radius 3 is 2.32 bits per heavy atom. The van der Waals surface area contributed by atoms with Crippen molar-refractivity contribution in [3.8, 4) is 0 Å². The van der Waals surface area contributed by atoms with Crippen LogP contribution in [-0.4, -0.2) is 38.5 Å². The molecule has 0 aliphatic rings. The SMILES string of the molecule is CC(C)(C)OC(=O)C(CNC(=O)c1ccc(Br)s1)NS(=O)(=O)c1ccccc1. The fourth-order valence-electron chi connectivity index (χ4n) is 2.12. The molecule has 0 saturated carbocycles. The van der Waals surface area contributed by atoms with Crippen molar-refractivity contribution in [1.29, 1.82) is 0 Å². The van der Waals surface area contributed by atoms with Gasteiger partial charge in [0.05, 0.1) is 13.6 Å². The zero-order valence-corrected chi connectivity index (χ0v) is 18.8. The summed E-state index contributed by atoms with van der Waals surface area (Å²) in [6, 6.07) is 9.73. The van der Waals surface area contributed by atoms with Crippen LogP contribution in [0.1, 0.15) is 30.4 Å². The lowest BCUT2D eigenvalue weighted by molar-refractivity contribution is -0.156. The van der Waals surface area contributed by atoms with Crippen LogP contribution >= 0.6 is 27.3 Å². The van der Waals surface area contributed by atoms with E-state index in [1.807, 2.05) is 0 Å². The van der Waals surface area contributed by atoms with Crippen LogP contribution in [0.4, 0.5) is 0 Å². The maximum Gasteiger partial charge on any atom is 0.326 e. The second kappa shape index (κ2) is 9.17. The first-order valence-corrected chi connectivity index (χ1v) is 11.4. The normalized spacial score (nSPS) is 13.0. The third-order valence-corrected chi connectivity index (χ3v) is 6.42. The van der Waals surface area contributed by atoms with Gasteiger partial charge in [-0.2, -0.15) is 4.72 Å². The molecule has 2 aromatic rings. The van der Waals surface area contributed by atoms with E-state index < -0.39 is 33.5 Å². The average Bonchev–Trinajstić information content (AvgIpc) is 3.04. The number of halogens is 1. The van der Waals surface area contributed by atoms with Crippen LogP contribution in [0, 0.1) is 0 Å². The molecule has 2 N–H and O–H groups in total. The van der Waals surface area contributed by atoms with E-state index in [4.69, 9.17) is 4.74 Å². The van der Waals surface area contributed by atoms with Crippen LogP contribution in [0.3, 0.4) is 0 Å². The van der Waals surface area contributed by atoms with Crippen LogP contribution in [-0.2, 0) is 19.6 Å². The van der Waals surface area contributed by atoms with Gasteiger partial charge in [0.1, 0.15) is 11.6 Å². The first kappa shape index (κ1) is 22.5. The fraction of sp³-hybridized carbons (Fsp3) is 0.333. The van der Waals surface area contributed by atoms with Crippen LogP contribution in [0.5, 0.6) is 0 Å². The van der Waals surface area contributed by atoms with Gasteiger partial charge < -0.3 is 10.1 Å². The number of benzene rings is 1. The van der Waals surface area contributed by atoms with Crippen molar-refractivity contribution >= 4 is 49.2 Å². The van der Waals surface area contributed by atoms with E-state index in [1.165, 1.54) is 23.5 Å². The highest BCUT2D eigenvalue weighted by atomic mass is 79.9. The summed E-state index contributed by atoms with van der Waals surface area (Å²) < 4.78 is 33.6. The maximum absolute atomic E-state index is 12.6. The molecule has 28 heavy (non-hydrogen) atoms. The molecule has 152 valence electrons. The molecule has 2 rings (SSSR count). The van der Waals surface area contributed by atoms with Gasteiger partial charge in [0.2, 0.25) is 10.0 Å². The zero-order chi connectivity index (χ0) is 20.9. The number of esters is 1. The number of nitrogens with one attached hydrogen (secondary N) is 2. The highest BCUT2D eigenvalue weighted by molar-refractivity contribution is 9.11. The molecule has 1 aromatic heterocycles. The topological polar surface area (TPSA) is 102 Å². The number of hydrogen-bond donors (Lipinski definition) is 2. The summed E-state index contributed by atoms with van der Waals surface area (Å²) >= 11 is 4.50. The Hall–Kier alpha value is -1.75. The highest BCUT2D eigenvalue weighted by Crippen LogP contribution is 2.21. The molecule has 0 bridgehead atoms. The predicted molar refractivity (Wildman–Crippen MR) is 111 cm³/mol. The molecule has 1 amide bonds. The third-order valence-electron chi connectivity index (χ3n) is 3.31. The number of sulfonamides is 1. The molecule has 0 saturated heterocycles. The minimum atomic E-state index is -3.98. The van der Waals surface area contributed by atoms with E-state index in [-0.39, 0.29) is 11.4 Å². The minimum Gasteiger partial charge on any atom is -0.459 e. The summed E-state index contributed by atoms with van der Waals surface area (Å²) in [4.78, 5) is 25.2. The Morgan fingerprint density at radius 2 is 1.79 bits per heavy atom. The van der Waals surface area contributed by atoms with Crippen molar-refractivity contribution in [2.75, 3.05) is 6.54 Å². The maximum atomic E-state index is 12.6. The smallest absolute Gasteiger partial charge is 0.326 e. The van der Waals surface area contributed by atoms with Crippen LogP contribution in [0.2, 0.25) is 0 Å². The number of hydrogen-bond acceptors (Lipinski definition) is 6. The molecular weight excluding hydrogens is 468 g/mol. The molecule has 0 spiro atoms. The van der Waals surface area contributed by atoms with Crippen molar-refractivity contribution in [1.82, 2.24) is 10.0 Å². The van der Waals surface area contributed by atoms with Crippen molar-refractivity contribution in [3.05, 3.63) is 51.1 Å². The molecule has 0 fully saturated rings. The lowest BCUT2D eigenvalue weighted by Crippen LogP contribution is -2.50.